The summed E-state index contributed by atoms with van der Waals surface area (Å²) in [5, 5.41) is 2.83. The molecule has 1 aliphatic heterocycles. The predicted octanol–water partition coefficient (Wildman–Crippen LogP) is 4.93. The van der Waals surface area contributed by atoms with Crippen molar-refractivity contribution in [3.63, 3.8) is 0 Å². The Balaban J connectivity index is 0.00000300. The van der Waals surface area contributed by atoms with Crippen LogP contribution < -0.4 is 5.32 Å². The number of aryl methyl sites for hydroxylation is 1. The van der Waals surface area contributed by atoms with Crippen LogP contribution in [0.25, 0.3) is 0 Å². The van der Waals surface area contributed by atoms with Gasteiger partial charge in [-0.1, -0.05) is 42.5 Å². The monoisotopic (exact) mass is 416 g/mol. The summed E-state index contributed by atoms with van der Waals surface area (Å²) in [5.41, 5.74) is 3.78. The highest BCUT2D eigenvalue weighted by Crippen LogP contribution is 2.36. The number of halogens is 1. The first-order valence-corrected chi connectivity index (χ1v) is 10.3. The van der Waals surface area contributed by atoms with E-state index in [1.807, 2.05) is 12.1 Å². The van der Waals surface area contributed by atoms with Crippen LogP contribution in [0.2, 0.25) is 0 Å². The lowest BCUT2D eigenvalue weighted by molar-refractivity contribution is -0.114. The molecule has 1 amide bonds. The zero-order valence-electron chi connectivity index (χ0n) is 17.5. The quantitative estimate of drug-likeness (QED) is 0.630. The third-order valence-electron chi connectivity index (χ3n) is 5.60. The predicted molar refractivity (Wildman–Crippen MR) is 122 cm³/mol. The molecule has 0 radical (unpaired) electrons. The minimum Gasteiger partial charge on any atom is -0.381 e. The lowest BCUT2D eigenvalue weighted by Crippen LogP contribution is -2.32. The summed E-state index contributed by atoms with van der Waals surface area (Å²) in [4.78, 5) is 13.7. The first-order chi connectivity index (χ1) is 13.6. The highest BCUT2D eigenvalue weighted by Gasteiger charge is 2.37. The van der Waals surface area contributed by atoms with E-state index in [0.717, 1.165) is 51.4 Å². The first kappa shape index (κ1) is 23.4. The second-order valence-corrected chi connectivity index (χ2v) is 7.96. The highest BCUT2D eigenvalue weighted by molar-refractivity contribution is 5.88. The van der Waals surface area contributed by atoms with E-state index in [1.54, 1.807) is 0 Å². The van der Waals surface area contributed by atoms with Gasteiger partial charge in [-0.05, 0) is 56.0 Å². The fraction of sp³-hybridized carbons (Fsp3) is 0.458. The van der Waals surface area contributed by atoms with E-state index in [1.165, 1.54) is 24.5 Å². The maximum Gasteiger partial charge on any atom is 0.221 e. The van der Waals surface area contributed by atoms with Gasteiger partial charge in [0.25, 0.3) is 0 Å². The average Bonchev–Trinajstić information content (AvgIpc) is 3.10. The van der Waals surface area contributed by atoms with E-state index in [-0.39, 0.29) is 23.7 Å². The summed E-state index contributed by atoms with van der Waals surface area (Å²) in [6.45, 7) is 8.36. The SMILES string of the molecule is CCOCC1(CCc2ccccc2)CCN(Cc2ccc(NC(C)=O)cc2)C1.Cl. The van der Waals surface area contributed by atoms with Crippen LogP contribution in [-0.4, -0.2) is 37.1 Å². The summed E-state index contributed by atoms with van der Waals surface area (Å²) in [7, 11) is 0. The van der Waals surface area contributed by atoms with Crippen molar-refractivity contribution in [1.29, 1.82) is 0 Å². The van der Waals surface area contributed by atoms with Crippen LogP contribution in [0, 0.1) is 5.41 Å². The number of benzene rings is 2. The van der Waals surface area contributed by atoms with Crippen molar-refractivity contribution in [2.45, 2.75) is 39.7 Å². The van der Waals surface area contributed by atoms with Gasteiger partial charge in [0.2, 0.25) is 5.91 Å². The van der Waals surface area contributed by atoms with Crippen LogP contribution in [0.15, 0.2) is 54.6 Å². The molecule has 1 aliphatic rings. The Kier molecular flexibility index (Phi) is 9.15. The zero-order valence-corrected chi connectivity index (χ0v) is 18.3. The van der Waals surface area contributed by atoms with E-state index in [9.17, 15) is 4.79 Å². The third kappa shape index (κ3) is 7.14. The summed E-state index contributed by atoms with van der Waals surface area (Å²) < 4.78 is 5.89. The molecule has 0 aromatic heterocycles. The van der Waals surface area contributed by atoms with Crippen molar-refractivity contribution >= 4 is 24.0 Å². The molecule has 0 bridgehead atoms. The minimum atomic E-state index is -0.0357. The standard InChI is InChI=1S/C24H32N2O2.ClH/c1-3-28-19-24(14-13-21-7-5-4-6-8-21)15-16-26(18-24)17-22-9-11-23(12-10-22)25-20(2)27;/h4-12H,3,13-19H2,1-2H3,(H,25,27);1H. The molecule has 1 atom stereocenters. The van der Waals surface area contributed by atoms with Gasteiger partial charge in [-0.2, -0.15) is 0 Å². The number of hydrogen-bond acceptors (Lipinski definition) is 3. The molecule has 3 rings (SSSR count). The topological polar surface area (TPSA) is 41.6 Å². The zero-order chi connectivity index (χ0) is 19.8. The molecule has 0 aliphatic carbocycles. The summed E-state index contributed by atoms with van der Waals surface area (Å²) in [5.74, 6) is -0.0357. The van der Waals surface area contributed by atoms with Crippen LogP contribution in [0.3, 0.4) is 0 Å². The number of ether oxygens (including phenoxy) is 1. The Morgan fingerprint density at radius 2 is 1.83 bits per heavy atom. The molecule has 2 aromatic rings. The van der Waals surface area contributed by atoms with Crippen molar-refractivity contribution in [3.05, 3.63) is 65.7 Å². The number of amides is 1. The number of nitrogens with one attached hydrogen (secondary N) is 1. The van der Waals surface area contributed by atoms with Gasteiger partial charge >= 0.3 is 0 Å². The van der Waals surface area contributed by atoms with Crippen molar-refractivity contribution in [2.75, 3.05) is 31.6 Å². The first-order valence-electron chi connectivity index (χ1n) is 10.3. The number of rotatable bonds is 9. The van der Waals surface area contributed by atoms with Gasteiger partial charge in [0.05, 0.1) is 6.61 Å². The second kappa shape index (κ2) is 11.3. The molecule has 1 heterocycles. The molecule has 1 N–H and O–H groups in total. The Bertz CT molecular complexity index is 751. The molecule has 5 heteroatoms. The van der Waals surface area contributed by atoms with E-state index < -0.39 is 0 Å². The van der Waals surface area contributed by atoms with E-state index in [2.05, 4.69) is 59.6 Å². The smallest absolute Gasteiger partial charge is 0.221 e. The normalized spacial score (nSPS) is 19.0. The number of carbonyl (C=O) groups is 1. The number of hydrogen-bond donors (Lipinski definition) is 1. The van der Waals surface area contributed by atoms with Crippen LogP contribution in [0.5, 0.6) is 0 Å². The van der Waals surface area contributed by atoms with Crippen LogP contribution in [0.4, 0.5) is 5.69 Å². The van der Waals surface area contributed by atoms with Gasteiger partial charge in [-0.3, -0.25) is 9.69 Å². The van der Waals surface area contributed by atoms with Crippen molar-refractivity contribution in [3.8, 4) is 0 Å². The lowest BCUT2D eigenvalue weighted by Gasteiger charge is -2.29. The Morgan fingerprint density at radius 3 is 2.48 bits per heavy atom. The Morgan fingerprint density at radius 1 is 1.10 bits per heavy atom. The highest BCUT2D eigenvalue weighted by atomic mass is 35.5. The third-order valence-corrected chi connectivity index (χ3v) is 5.60. The van der Waals surface area contributed by atoms with Gasteiger partial charge in [0, 0.05) is 37.7 Å². The minimum absolute atomic E-state index is 0. The van der Waals surface area contributed by atoms with Gasteiger partial charge in [-0.15, -0.1) is 12.4 Å². The second-order valence-electron chi connectivity index (χ2n) is 7.96. The molecule has 0 spiro atoms. The molecule has 2 aromatic carbocycles. The van der Waals surface area contributed by atoms with Gasteiger partial charge < -0.3 is 10.1 Å². The molecule has 1 saturated heterocycles. The number of carbonyl (C=O) groups excluding carboxylic acids is 1. The largest absolute Gasteiger partial charge is 0.381 e. The van der Waals surface area contributed by atoms with Crippen molar-refractivity contribution < 1.29 is 9.53 Å². The number of nitrogens with zero attached hydrogens (tertiary/aromatic N) is 1. The van der Waals surface area contributed by atoms with Gasteiger partial charge in [-0.25, -0.2) is 0 Å². The van der Waals surface area contributed by atoms with E-state index >= 15 is 0 Å². The summed E-state index contributed by atoms with van der Waals surface area (Å²) >= 11 is 0. The molecule has 4 nitrogen and oxygen atoms in total. The maximum atomic E-state index is 11.2. The Labute approximate surface area is 181 Å². The molecule has 1 fully saturated rings. The van der Waals surface area contributed by atoms with Crippen LogP contribution >= 0.6 is 12.4 Å². The van der Waals surface area contributed by atoms with Gasteiger partial charge in [0.15, 0.2) is 0 Å². The summed E-state index contributed by atoms with van der Waals surface area (Å²) in [6, 6.07) is 18.9. The summed E-state index contributed by atoms with van der Waals surface area (Å²) in [6.07, 6.45) is 3.45. The molecule has 0 saturated carbocycles. The van der Waals surface area contributed by atoms with Crippen LogP contribution in [-0.2, 0) is 22.5 Å². The van der Waals surface area contributed by atoms with Crippen LogP contribution in [0.1, 0.15) is 37.8 Å². The molecule has 29 heavy (non-hydrogen) atoms. The van der Waals surface area contributed by atoms with E-state index in [4.69, 9.17) is 4.74 Å². The Hall–Kier alpha value is -1.88. The molecule has 1 unspecified atom stereocenters. The molecule has 158 valence electrons. The fourth-order valence-corrected chi connectivity index (χ4v) is 4.08. The molecular weight excluding hydrogens is 384 g/mol. The average molecular weight is 417 g/mol. The van der Waals surface area contributed by atoms with Gasteiger partial charge in [0.1, 0.15) is 0 Å². The number of likely N-dealkylation sites (tertiary alicyclic amines) is 1. The maximum absolute atomic E-state index is 11.2. The van der Waals surface area contributed by atoms with Crippen molar-refractivity contribution in [2.24, 2.45) is 5.41 Å². The lowest BCUT2D eigenvalue weighted by atomic mass is 9.82. The van der Waals surface area contributed by atoms with Crippen molar-refractivity contribution in [1.82, 2.24) is 4.90 Å². The van der Waals surface area contributed by atoms with E-state index in [0.29, 0.717) is 0 Å². The fourth-order valence-electron chi connectivity index (χ4n) is 4.08. The number of anilines is 1. The molecular formula is C24H33ClN2O2.